The number of aromatic nitrogens is 3. The Hall–Kier alpha value is -2.69. The molecule has 0 fully saturated rings. The molecule has 0 aliphatic rings. The number of hydrogen-bond donors (Lipinski definition) is 2. The van der Waals surface area contributed by atoms with Gasteiger partial charge in [-0.1, -0.05) is 6.07 Å². The molecule has 0 bridgehead atoms. The maximum Gasteiger partial charge on any atom is 0.224 e. The summed E-state index contributed by atoms with van der Waals surface area (Å²) in [6, 6.07) is 9.62. The summed E-state index contributed by atoms with van der Waals surface area (Å²) in [5, 5.41) is 2.91. The number of amides is 1. The van der Waals surface area contributed by atoms with Gasteiger partial charge in [-0.25, -0.2) is 4.98 Å². The van der Waals surface area contributed by atoms with Crippen LogP contribution in [0.3, 0.4) is 0 Å². The molecule has 5 nitrogen and oxygen atoms in total. The molecule has 2 N–H and O–H groups in total. The first-order valence-electron chi connectivity index (χ1n) is 6.81. The molecule has 2 heterocycles. The Kier molecular flexibility index (Phi) is 3.64. The number of carbonyl (C=O) groups is 1. The fourth-order valence-electron chi connectivity index (χ4n) is 2.24. The maximum absolute atomic E-state index is 12.0. The number of aromatic amines is 1. The molecule has 5 heteroatoms. The van der Waals surface area contributed by atoms with Gasteiger partial charge in [0.1, 0.15) is 5.82 Å². The van der Waals surface area contributed by atoms with Crippen LogP contribution in [0, 0.1) is 6.92 Å². The van der Waals surface area contributed by atoms with Crippen molar-refractivity contribution in [2.45, 2.75) is 19.9 Å². The monoisotopic (exact) mass is 280 g/mol. The van der Waals surface area contributed by atoms with Crippen LogP contribution in [0.25, 0.3) is 11.0 Å². The summed E-state index contributed by atoms with van der Waals surface area (Å²) >= 11 is 0. The fourth-order valence-corrected chi connectivity index (χ4v) is 2.24. The molecule has 0 radical (unpaired) electrons. The van der Waals surface area contributed by atoms with Gasteiger partial charge < -0.3 is 10.3 Å². The van der Waals surface area contributed by atoms with Crippen LogP contribution in [-0.2, 0) is 17.8 Å². The van der Waals surface area contributed by atoms with Crippen molar-refractivity contribution >= 4 is 16.9 Å². The molecule has 1 amide bonds. The first-order valence-corrected chi connectivity index (χ1v) is 6.81. The third kappa shape index (κ3) is 3.25. The summed E-state index contributed by atoms with van der Waals surface area (Å²) < 4.78 is 0. The van der Waals surface area contributed by atoms with Gasteiger partial charge in [0.05, 0.1) is 17.5 Å². The number of H-pyrrole nitrogens is 1. The zero-order valence-electron chi connectivity index (χ0n) is 11.8. The molecule has 0 aliphatic heterocycles. The van der Waals surface area contributed by atoms with Crippen LogP contribution < -0.4 is 5.32 Å². The van der Waals surface area contributed by atoms with E-state index in [1.165, 1.54) is 0 Å². The highest BCUT2D eigenvalue weighted by Gasteiger charge is 2.06. The van der Waals surface area contributed by atoms with Crippen LogP contribution >= 0.6 is 0 Å². The maximum atomic E-state index is 12.0. The Morgan fingerprint density at radius 3 is 2.81 bits per heavy atom. The van der Waals surface area contributed by atoms with Crippen molar-refractivity contribution in [1.29, 1.82) is 0 Å². The number of rotatable bonds is 4. The Balaban J connectivity index is 1.63. The molecule has 3 rings (SSSR count). The fraction of sp³-hybridized carbons (Fsp3) is 0.188. The van der Waals surface area contributed by atoms with Gasteiger partial charge in [-0.3, -0.25) is 9.78 Å². The molecule has 21 heavy (non-hydrogen) atoms. The van der Waals surface area contributed by atoms with Gasteiger partial charge in [0, 0.05) is 18.9 Å². The first kappa shape index (κ1) is 13.3. The highest BCUT2D eigenvalue weighted by molar-refractivity contribution is 5.81. The number of nitrogens with zero attached hydrogens (tertiary/aromatic N) is 2. The summed E-state index contributed by atoms with van der Waals surface area (Å²) in [5.74, 6) is 0.881. The highest BCUT2D eigenvalue weighted by atomic mass is 16.1. The van der Waals surface area contributed by atoms with E-state index in [1.54, 1.807) is 12.4 Å². The lowest BCUT2D eigenvalue weighted by Crippen LogP contribution is -2.24. The zero-order chi connectivity index (χ0) is 14.7. The lowest BCUT2D eigenvalue weighted by atomic mass is 10.1. The van der Waals surface area contributed by atoms with Crippen LogP contribution in [0.4, 0.5) is 0 Å². The van der Waals surface area contributed by atoms with Crippen molar-refractivity contribution in [2.75, 3.05) is 0 Å². The SMILES string of the molecule is Cc1nc2ccc(CC(=O)NCc3ccncc3)cc2[nH]1. The lowest BCUT2D eigenvalue weighted by Gasteiger charge is -2.05. The van der Waals surface area contributed by atoms with E-state index in [4.69, 9.17) is 0 Å². The van der Waals surface area contributed by atoms with Crippen molar-refractivity contribution in [2.24, 2.45) is 0 Å². The molecule has 2 aromatic heterocycles. The van der Waals surface area contributed by atoms with Crippen molar-refractivity contribution in [3.63, 3.8) is 0 Å². The summed E-state index contributed by atoms with van der Waals surface area (Å²) in [6.45, 7) is 2.44. The lowest BCUT2D eigenvalue weighted by molar-refractivity contribution is -0.120. The number of imidazole rings is 1. The van der Waals surface area contributed by atoms with Crippen LogP contribution in [-0.4, -0.2) is 20.9 Å². The number of aryl methyl sites for hydroxylation is 1. The van der Waals surface area contributed by atoms with Crippen LogP contribution in [0.1, 0.15) is 17.0 Å². The average molecular weight is 280 g/mol. The number of fused-ring (bicyclic) bond motifs is 1. The van der Waals surface area contributed by atoms with Gasteiger partial charge in [0.2, 0.25) is 5.91 Å². The molecule has 0 aliphatic carbocycles. The largest absolute Gasteiger partial charge is 0.352 e. The molecule has 1 aromatic carbocycles. The van der Waals surface area contributed by atoms with E-state index < -0.39 is 0 Å². The van der Waals surface area contributed by atoms with E-state index in [-0.39, 0.29) is 5.91 Å². The third-order valence-electron chi connectivity index (χ3n) is 3.27. The van der Waals surface area contributed by atoms with Gasteiger partial charge in [-0.05, 0) is 42.3 Å². The summed E-state index contributed by atoms with van der Waals surface area (Å²) in [6.07, 6.45) is 3.80. The Labute approximate surface area is 122 Å². The van der Waals surface area contributed by atoms with E-state index >= 15 is 0 Å². The molecular weight excluding hydrogens is 264 g/mol. The minimum absolute atomic E-state index is 0.00222. The van der Waals surface area contributed by atoms with E-state index in [2.05, 4.69) is 20.3 Å². The standard InChI is InChI=1S/C16H16N4O/c1-11-19-14-3-2-13(8-15(14)20-11)9-16(21)18-10-12-4-6-17-7-5-12/h2-8H,9-10H2,1H3,(H,18,21)(H,19,20). The second-order valence-corrected chi connectivity index (χ2v) is 4.98. The van der Waals surface area contributed by atoms with Crippen molar-refractivity contribution < 1.29 is 4.79 Å². The van der Waals surface area contributed by atoms with Crippen molar-refractivity contribution in [3.8, 4) is 0 Å². The Morgan fingerprint density at radius 1 is 1.19 bits per heavy atom. The number of carbonyl (C=O) groups excluding carboxylic acids is 1. The van der Waals surface area contributed by atoms with Crippen molar-refractivity contribution in [1.82, 2.24) is 20.3 Å². The van der Waals surface area contributed by atoms with E-state index in [0.717, 1.165) is 28.0 Å². The minimum atomic E-state index is 0.00222. The molecule has 0 saturated carbocycles. The quantitative estimate of drug-likeness (QED) is 0.769. The van der Waals surface area contributed by atoms with Gasteiger partial charge in [-0.15, -0.1) is 0 Å². The molecule has 0 saturated heterocycles. The first-order chi connectivity index (χ1) is 10.2. The summed E-state index contributed by atoms with van der Waals surface area (Å²) in [4.78, 5) is 23.5. The molecule has 3 aromatic rings. The molecule has 0 spiro atoms. The van der Waals surface area contributed by atoms with Gasteiger partial charge >= 0.3 is 0 Å². The smallest absolute Gasteiger partial charge is 0.224 e. The number of nitrogens with one attached hydrogen (secondary N) is 2. The second kappa shape index (κ2) is 5.75. The van der Waals surface area contributed by atoms with Crippen LogP contribution in [0.2, 0.25) is 0 Å². The number of benzene rings is 1. The van der Waals surface area contributed by atoms with E-state index in [9.17, 15) is 4.79 Å². The minimum Gasteiger partial charge on any atom is -0.352 e. The average Bonchev–Trinajstić information content (AvgIpc) is 2.85. The molecule has 0 atom stereocenters. The topological polar surface area (TPSA) is 70.7 Å². The predicted octanol–water partition coefficient (Wildman–Crippen LogP) is 2.13. The highest BCUT2D eigenvalue weighted by Crippen LogP contribution is 2.14. The Bertz CT molecular complexity index is 764. The van der Waals surface area contributed by atoms with Gasteiger partial charge in [-0.2, -0.15) is 0 Å². The summed E-state index contributed by atoms with van der Waals surface area (Å²) in [7, 11) is 0. The molecule has 106 valence electrons. The van der Waals surface area contributed by atoms with E-state index in [0.29, 0.717) is 13.0 Å². The predicted molar refractivity (Wildman–Crippen MR) is 80.6 cm³/mol. The Morgan fingerprint density at radius 2 is 2.00 bits per heavy atom. The number of pyridine rings is 1. The van der Waals surface area contributed by atoms with Gasteiger partial charge in [0.15, 0.2) is 0 Å². The molecular formula is C16H16N4O. The third-order valence-corrected chi connectivity index (χ3v) is 3.27. The van der Waals surface area contributed by atoms with Crippen LogP contribution in [0.15, 0.2) is 42.7 Å². The zero-order valence-corrected chi connectivity index (χ0v) is 11.8. The van der Waals surface area contributed by atoms with E-state index in [1.807, 2.05) is 37.3 Å². The van der Waals surface area contributed by atoms with Gasteiger partial charge in [0.25, 0.3) is 0 Å². The van der Waals surface area contributed by atoms with Crippen molar-refractivity contribution in [3.05, 3.63) is 59.7 Å². The summed E-state index contributed by atoms with van der Waals surface area (Å²) in [5.41, 5.74) is 3.90. The second-order valence-electron chi connectivity index (χ2n) is 4.98. The normalized spacial score (nSPS) is 10.7. The molecule has 0 unspecified atom stereocenters. The number of hydrogen-bond acceptors (Lipinski definition) is 3. The van der Waals surface area contributed by atoms with Crippen LogP contribution in [0.5, 0.6) is 0 Å².